The zero-order valence-electron chi connectivity index (χ0n) is 16.4. The number of hydrogen-bond donors (Lipinski definition) is 2. The molecule has 2 N–H and O–H groups in total. The van der Waals surface area contributed by atoms with Gasteiger partial charge in [-0.05, 0) is 36.9 Å². The van der Waals surface area contributed by atoms with Crippen LogP contribution in [0.5, 0.6) is 0 Å². The fraction of sp³-hybridized carbons (Fsp3) is 0.429. The Morgan fingerprint density at radius 3 is 2.54 bits per heavy atom. The van der Waals surface area contributed by atoms with Crippen LogP contribution in [0.3, 0.4) is 0 Å². The maximum atomic E-state index is 12.6. The van der Waals surface area contributed by atoms with Gasteiger partial charge in [-0.25, -0.2) is 4.99 Å². The number of carbonyl (C=O) groups excluding carboxylic acids is 1. The SMILES string of the molecule is CCNC(=NCC(=O)N1CCN(c2ccccc2)CC1)NCCc1cccs1. The lowest BCUT2D eigenvalue weighted by molar-refractivity contribution is -0.129. The Morgan fingerprint density at radius 2 is 1.86 bits per heavy atom. The van der Waals surface area contributed by atoms with Crippen LogP contribution in [0.1, 0.15) is 11.8 Å². The van der Waals surface area contributed by atoms with E-state index in [9.17, 15) is 4.79 Å². The van der Waals surface area contributed by atoms with Crippen molar-refractivity contribution in [1.82, 2.24) is 15.5 Å². The second-order valence-electron chi connectivity index (χ2n) is 6.65. The van der Waals surface area contributed by atoms with Crippen molar-refractivity contribution in [3.05, 3.63) is 52.7 Å². The molecule has 0 unspecified atom stereocenters. The first kappa shape index (κ1) is 20.2. The molecule has 7 heteroatoms. The van der Waals surface area contributed by atoms with Gasteiger partial charge in [0.2, 0.25) is 5.91 Å². The van der Waals surface area contributed by atoms with E-state index in [1.54, 1.807) is 11.3 Å². The summed E-state index contributed by atoms with van der Waals surface area (Å²) in [5.41, 5.74) is 1.22. The van der Waals surface area contributed by atoms with Gasteiger partial charge in [0, 0.05) is 49.8 Å². The average molecular weight is 400 g/mol. The van der Waals surface area contributed by atoms with Crippen molar-refractivity contribution in [1.29, 1.82) is 0 Å². The summed E-state index contributed by atoms with van der Waals surface area (Å²) in [5.74, 6) is 0.790. The Hall–Kier alpha value is -2.54. The maximum Gasteiger partial charge on any atom is 0.244 e. The number of amides is 1. The van der Waals surface area contributed by atoms with Crippen LogP contribution >= 0.6 is 11.3 Å². The van der Waals surface area contributed by atoms with Gasteiger partial charge in [0.1, 0.15) is 6.54 Å². The van der Waals surface area contributed by atoms with Gasteiger partial charge in [-0.2, -0.15) is 0 Å². The van der Waals surface area contributed by atoms with Crippen LogP contribution in [-0.4, -0.2) is 62.6 Å². The lowest BCUT2D eigenvalue weighted by Crippen LogP contribution is -2.49. The standard InChI is InChI=1S/C21H29N5OS/c1-2-22-21(23-11-10-19-9-6-16-28-19)24-17-20(27)26-14-12-25(13-15-26)18-7-4-3-5-8-18/h3-9,16H,2,10-15,17H2,1H3,(H2,22,23,24). The molecule has 0 atom stereocenters. The lowest BCUT2D eigenvalue weighted by atomic mass is 10.2. The predicted octanol–water partition coefficient (Wildman–Crippen LogP) is 2.19. The summed E-state index contributed by atoms with van der Waals surface area (Å²) in [6.45, 7) is 6.99. The van der Waals surface area contributed by atoms with Crippen LogP contribution in [0, 0.1) is 0 Å². The Morgan fingerprint density at radius 1 is 1.07 bits per heavy atom. The molecule has 2 aromatic rings. The van der Waals surface area contributed by atoms with Gasteiger partial charge >= 0.3 is 0 Å². The molecule has 1 aromatic heterocycles. The van der Waals surface area contributed by atoms with Gasteiger partial charge < -0.3 is 20.4 Å². The van der Waals surface area contributed by atoms with E-state index in [0.29, 0.717) is 5.96 Å². The van der Waals surface area contributed by atoms with E-state index in [-0.39, 0.29) is 12.5 Å². The van der Waals surface area contributed by atoms with Crippen LogP contribution < -0.4 is 15.5 Å². The lowest BCUT2D eigenvalue weighted by Gasteiger charge is -2.36. The molecule has 1 aliphatic rings. The molecule has 1 aromatic carbocycles. The molecule has 6 nitrogen and oxygen atoms in total. The largest absolute Gasteiger partial charge is 0.368 e. The van der Waals surface area contributed by atoms with E-state index in [0.717, 1.165) is 45.7 Å². The Bertz CT molecular complexity index is 739. The summed E-state index contributed by atoms with van der Waals surface area (Å²) in [7, 11) is 0. The van der Waals surface area contributed by atoms with Gasteiger partial charge in [-0.1, -0.05) is 24.3 Å². The highest BCUT2D eigenvalue weighted by molar-refractivity contribution is 7.09. The van der Waals surface area contributed by atoms with E-state index >= 15 is 0 Å². The Balaban J connectivity index is 1.44. The molecule has 1 aliphatic heterocycles. The molecule has 1 amide bonds. The molecule has 150 valence electrons. The number of guanidine groups is 1. The highest BCUT2D eigenvalue weighted by atomic mass is 32.1. The number of thiophene rings is 1. The van der Waals surface area contributed by atoms with Crippen molar-refractivity contribution >= 4 is 28.9 Å². The second-order valence-corrected chi connectivity index (χ2v) is 7.69. The summed E-state index contributed by atoms with van der Waals surface area (Å²) in [6.07, 6.45) is 0.956. The van der Waals surface area contributed by atoms with E-state index in [2.05, 4.69) is 62.3 Å². The summed E-state index contributed by atoms with van der Waals surface area (Å²) < 4.78 is 0. The molecule has 1 saturated heterocycles. The number of aliphatic imine (C=N–C) groups is 1. The number of piperazine rings is 1. The molecule has 3 rings (SSSR count). The number of benzene rings is 1. The molecule has 0 spiro atoms. The molecule has 0 bridgehead atoms. The molecule has 0 radical (unpaired) electrons. The number of anilines is 1. The minimum Gasteiger partial charge on any atom is -0.368 e. The normalized spacial score (nSPS) is 14.8. The number of rotatable bonds is 7. The summed E-state index contributed by atoms with van der Waals surface area (Å²) in [6, 6.07) is 14.6. The molecular formula is C21H29N5OS. The van der Waals surface area contributed by atoms with Gasteiger partial charge in [0.25, 0.3) is 0 Å². The zero-order valence-corrected chi connectivity index (χ0v) is 17.3. The highest BCUT2D eigenvalue weighted by Crippen LogP contribution is 2.15. The first-order valence-electron chi connectivity index (χ1n) is 9.88. The smallest absolute Gasteiger partial charge is 0.244 e. The van der Waals surface area contributed by atoms with E-state index in [1.165, 1.54) is 10.6 Å². The summed E-state index contributed by atoms with van der Waals surface area (Å²) in [5, 5.41) is 8.61. The van der Waals surface area contributed by atoms with Crippen LogP contribution in [0.15, 0.2) is 52.8 Å². The van der Waals surface area contributed by atoms with Crippen molar-refractivity contribution in [3.63, 3.8) is 0 Å². The van der Waals surface area contributed by atoms with Crippen LogP contribution in [-0.2, 0) is 11.2 Å². The second kappa shape index (κ2) is 10.7. The summed E-state index contributed by atoms with van der Waals surface area (Å²) >= 11 is 1.76. The van der Waals surface area contributed by atoms with Crippen molar-refractivity contribution in [2.75, 3.05) is 50.7 Å². The monoisotopic (exact) mass is 399 g/mol. The third kappa shape index (κ3) is 5.99. The Labute approximate surface area is 171 Å². The topological polar surface area (TPSA) is 60.0 Å². The van der Waals surface area contributed by atoms with Crippen LogP contribution in [0.4, 0.5) is 5.69 Å². The molecular weight excluding hydrogens is 370 g/mol. The van der Waals surface area contributed by atoms with E-state index in [4.69, 9.17) is 0 Å². The molecule has 1 fully saturated rings. The summed E-state index contributed by atoms with van der Waals surface area (Å²) in [4.78, 5) is 22.6. The highest BCUT2D eigenvalue weighted by Gasteiger charge is 2.20. The van der Waals surface area contributed by atoms with Crippen molar-refractivity contribution in [2.45, 2.75) is 13.3 Å². The minimum absolute atomic E-state index is 0.0863. The van der Waals surface area contributed by atoms with Crippen LogP contribution in [0.25, 0.3) is 0 Å². The molecule has 28 heavy (non-hydrogen) atoms. The van der Waals surface area contributed by atoms with Gasteiger partial charge in [-0.3, -0.25) is 4.79 Å². The van der Waals surface area contributed by atoms with E-state index in [1.807, 2.05) is 17.9 Å². The fourth-order valence-electron chi connectivity index (χ4n) is 3.20. The first-order chi connectivity index (χ1) is 13.8. The number of para-hydroxylation sites is 1. The van der Waals surface area contributed by atoms with Crippen molar-refractivity contribution in [3.8, 4) is 0 Å². The average Bonchev–Trinajstić information content (AvgIpc) is 3.26. The van der Waals surface area contributed by atoms with Crippen LogP contribution in [0.2, 0.25) is 0 Å². The van der Waals surface area contributed by atoms with Crippen molar-refractivity contribution in [2.24, 2.45) is 4.99 Å². The van der Waals surface area contributed by atoms with Gasteiger partial charge in [0.05, 0.1) is 0 Å². The number of nitrogens with zero attached hydrogens (tertiary/aromatic N) is 3. The maximum absolute atomic E-state index is 12.6. The predicted molar refractivity (Wildman–Crippen MR) is 117 cm³/mol. The number of carbonyl (C=O) groups is 1. The van der Waals surface area contributed by atoms with Crippen molar-refractivity contribution < 1.29 is 4.79 Å². The van der Waals surface area contributed by atoms with E-state index < -0.39 is 0 Å². The third-order valence-corrected chi connectivity index (χ3v) is 5.65. The molecule has 0 saturated carbocycles. The van der Waals surface area contributed by atoms with Gasteiger partial charge in [0.15, 0.2) is 5.96 Å². The fourth-order valence-corrected chi connectivity index (χ4v) is 3.91. The number of nitrogens with one attached hydrogen (secondary N) is 2. The Kier molecular flexibility index (Phi) is 7.72. The number of hydrogen-bond acceptors (Lipinski definition) is 4. The molecule has 2 heterocycles. The third-order valence-electron chi connectivity index (χ3n) is 4.71. The molecule has 0 aliphatic carbocycles. The zero-order chi connectivity index (χ0) is 19.6. The first-order valence-corrected chi connectivity index (χ1v) is 10.8. The quantitative estimate of drug-likeness (QED) is 0.554. The van der Waals surface area contributed by atoms with Gasteiger partial charge in [-0.15, -0.1) is 11.3 Å². The minimum atomic E-state index is 0.0863.